The summed E-state index contributed by atoms with van der Waals surface area (Å²) in [5.74, 6) is 0.304. The van der Waals surface area contributed by atoms with E-state index in [-0.39, 0.29) is 12.0 Å². The highest BCUT2D eigenvalue weighted by atomic mass is 32.2. The van der Waals surface area contributed by atoms with Gasteiger partial charge in [-0.15, -0.1) is 11.8 Å². The average molecular weight is 425 g/mol. The number of alkyl halides is 1. The quantitative estimate of drug-likeness (QED) is 0.755. The van der Waals surface area contributed by atoms with Crippen LogP contribution >= 0.6 is 11.8 Å². The third kappa shape index (κ3) is 5.99. The van der Waals surface area contributed by atoms with Crippen molar-refractivity contribution in [1.29, 1.82) is 0 Å². The second kappa shape index (κ2) is 10.5. The summed E-state index contributed by atoms with van der Waals surface area (Å²) < 4.78 is 19.8. The molecule has 0 aliphatic carbocycles. The number of nitrogens with zero attached hydrogens (tertiary/aromatic N) is 3. The predicted molar refractivity (Wildman–Crippen MR) is 118 cm³/mol. The van der Waals surface area contributed by atoms with Crippen molar-refractivity contribution in [2.24, 2.45) is 11.7 Å². The van der Waals surface area contributed by atoms with Crippen molar-refractivity contribution in [3.63, 3.8) is 0 Å². The van der Waals surface area contributed by atoms with Crippen LogP contribution < -0.4 is 15.5 Å². The van der Waals surface area contributed by atoms with Gasteiger partial charge in [0.1, 0.15) is 0 Å². The van der Waals surface area contributed by atoms with Gasteiger partial charge in [0.2, 0.25) is 5.50 Å². The highest BCUT2D eigenvalue weighted by Crippen LogP contribution is 2.25. The fourth-order valence-electron chi connectivity index (χ4n) is 3.98. The van der Waals surface area contributed by atoms with E-state index in [4.69, 9.17) is 10.5 Å². The fraction of sp³-hybridized carbons (Fsp3) is 0.667. The molecule has 2 heterocycles. The Labute approximate surface area is 177 Å². The molecule has 2 saturated heterocycles. The number of halogens is 1. The standard InChI is InChI=1S/C21H33FN4O2S/c1-16-13-24(8-9-26(14-16)21(27)20(22)29-12-7-23)18-3-5-19(6-4-18)25-10-11-28-17(2)15-25/h3-6,16-17,20H,7-15,23H2,1-2H3. The Balaban J connectivity index is 1.61. The second-order valence-electron chi connectivity index (χ2n) is 7.95. The summed E-state index contributed by atoms with van der Waals surface area (Å²) in [6.45, 7) is 9.85. The molecule has 29 heavy (non-hydrogen) atoms. The number of nitrogens with two attached hydrogens (primary N) is 1. The molecule has 2 N–H and O–H groups in total. The Hall–Kier alpha value is -1.51. The molecule has 3 atom stereocenters. The Morgan fingerprint density at radius 2 is 1.79 bits per heavy atom. The van der Waals surface area contributed by atoms with Crippen LogP contribution in [0.15, 0.2) is 24.3 Å². The summed E-state index contributed by atoms with van der Waals surface area (Å²) >= 11 is 0.989. The molecular weight excluding hydrogens is 391 g/mol. The van der Waals surface area contributed by atoms with E-state index in [1.54, 1.807) is 4.90 Å². The zero-order valence-electron chi connectivity index (χ0n) is 17.4. The minimum Gasteiger partial charge on any atom is -0.375 e. The van der Waals surface area contributed by atoms with Crippen molar-refractivity contribution in [3.8, 4) is 0 Å². The third-order valence-corrected chi connectivity index (χ3v) is 6.38. The molecule has 0 saturated carbocycles. The van der Waals surface area contributed by atoms with Gasteiger partial charge in [0.25, 0.3) is 5.91 Å². The van der Waals surface area contributed by atoms with Crippen molar-refractivity contribution >= 4 is 29.0 Å². The molecule has 2 aliphatic heterocycles. The molecule has 162 valence electrons. The van der Waals surface area contributed by atoms with Gasteiger partial charge >= 0.3 is 0 Å². The Morgan fingerprint density at radius 1 is 1.14 bits per heavy atom. The molecular formula is C21H33FN4O2S. The number of morpholine rings is 1. The molecule has 2 aliphatic rings. The van der Waals surface area contributed by atoms with Gasteiger partial charge in [-0.05, 0) is 37.1 Å². The van der Waals surface area contributed by atoms with Gasteiger partial charge in [-0.3, -0.25) is 4.79 Å². The molecule has 6 nitrogen and oxygen atoms in total. The van der Waals surface area contributed by atoms with Crippen molar-refractivity contribution in [2.45, 2.75) is 25.5 Å². The smallest absolute Gasteiger partial charge is 0.267 e. The van der Waals surface area contributed by atoms with E-state index in [1.807, 2.05) is 0 Å². The molecule has 2 fully saturated rings. The molecule has 1 aromatic rings. The molecule has 0 spiro atoms. The number of hydrogen-bond donors (Lipinski definition) is 1. The maximum Gasteiger partial charge on any atom is 0.267 e. The van der Waals surface area contributed by atoms with Crippen LogP contribution in [0.4, 0.5) is 15.8 Å². The lowest BCUT2D eigenvalue weighted by Crippen LogP contribution is -2.41. The number of thioether (sulfide) groups is 1. The van der Waals surface area contributed by atoms with Crippen LogP contribution in [0, 0.1) is 5.92 Å². The minimum absolute atomic E-state index is 0.251. The molecule has 1 aromatic carbocycles. The molecule has 1 amide bonds. The molecule has 0 bridgehead atoms. The summed E-state index contributed by atoms with van der Waals surface area (Å²) in [7, 11) is 0. The van der Waals surface area contributed by atoms with E-state index >= 15 is 0 Å². The van der Waals surface area contributed by atoms with Crippen molar-refractivity contribution in [2.75, 3.05) is 68.0 Å². The maximum atomic E-state index is 14.2. The zero-order chi connectivity index (χ0) is 20.8. The molecule has 8 heteroatoms. The Morgan fingerprint density at radius 3 is 2.41 bits per heavy atom. The second-order valence-corrected chi connectivity index (χ2v) is 9.11. The third-order valence-electron chi connectivity index (χ3n) is 5.41. The van der Waals surface area contributed by atoms with E-state index in [2.05, 4.69) is 47.9 Å². The average Bonchev–Trinajstić information content (AvgIpc) is 2.93. The summed E-state index contributed by atoms with van der Waals surface area (Å²) in [5, 5.41) is 0. The first kappa shape index (κ1) is 22.2. The van der Waals surface area contributed by atoms with E-state index in [9.17, 15) is 9.18 Å². The van der Waals surface area contributed by atoms with Crippen molar-refractivity contribution in [3.05, 3.63) is 24.3 Å². The number of rotatable bonds is 6. The first-order valence-corrected chi connectivity index (χ1v) is 11.5. The Kier molecular flexibility index (Phi) is 8.03. The van der Waals surface area contributed by atoms with Gasteiger partial charge < -0.3 is 25.2 Å². The van der Waals surface area contributed by atoms with Crippen molar-refractivity contribution < 1.29 is 13.9 Å². The maximum absolute atomic E-state index is 14.2. The van der Waals surface area contributed by atoms with Gasteiger partial charge in [-0.25, -0.2) is 4.39 Å². The number of ether oxygens (including phenoxy) is 1. The Bertz CT molecular complexity index is 663. The minimum atomic E-state index is -1.52. The van der Waals surface area contributed by atoms with E-state index in [0.717, 1.165) is 43.7 Å². The first-order chi connectivity index (χ1) is 14.0. The lowest BCUT2D eigenvalue weighted by molar-refractivity contribution is -0.133. The molecule has 0 radical (unpaired) electrons. The summed E-state index contributed by atoms with van der Waals surface area (Å²) in [5.41, 5.74) is 6.25. The van der Waals surface area contributed by atoms with Gasteiger partial charge in [0.05, 0.1) is 12.7 Å². The number of benzene rings is 1. The normalized spacial score (nSPS) is 24.3. The molecule has 3 rings (SSSR count). The fourth-order valence-corrected chi connectivity index (χ4v) is 4.62. The molecule has 0 aromatic heterocycles. The number of carbonyl (C=O) groups is 1. The van der Waals surface area contributed by atoms with Gasteiger partial charge in [-0.2, -0.15) is 0 Å². The number of amides is 1. The van der Waals surface area contributed by atoms with Crippen LogP contribution in [0.2, 0.25) is 0 Å². The van der Waals surface area contributed by atoms with Gasteiger partial charge in [0.15, 0.2) is 0 Å². The predicted octanol–water partition coefficient (Wildman–Crippen LogP) is 2.18. The first-order valence-electron chi connectivity index (χ1n) is 10.4. The number of carbonyl (C=O) groups excluding carboxylic acids is 1. The largest absolute Gasteiger partial charge is 0.375 e. The monoisotopic (exact) mass is 424 g/mol. The van der Waals surface area contributed by atoms with E-state index < -0.39 is 11.4 Å². The summed E-state index contributed by atoms with van der Waals surface area (Å²) in [6, 6.07) is 8.61. The van der Waals surface area contributed by atoms with E-state index in [0.29, 0.717) is 31.9 Å². The highest BCUT2D eigenvalue weighted by molar-refractivity contribution is 8.00. The molecule has 3 unspecified atom stereocenters. The topological polar surface area (TPSA) is 62.0 Å². The van der Waals surface area contributed by atoms with Crippen molar-refractivity contribution in [1.82, 2.24) is 4.90 Å². The van der Waals surface area contributed by atoms with Crippen LogP contribution in [0.5, 0.6) is 0 Å². The lowest BCUT2D eigenvalue weighted by atomic mass is 10.1. The number of hydrogen-bond acceptors (Lipinski definition) is 6. The van der Waals surface area contributed by atoms with Crippen LogP contribution in [0.3, 0.4) is 0 Å². The van der Waals surface area contributed by atoms with Crippen LogP contribution in [0.25, 0.3) is 0 Å². The zero-order valence-corrected chi connectivity index (χ0v) is 18.2. The van der Waals surface area contributed by atoms with E-state index in [1.165, 1.54) is 5.69 Å². The number of anilines is 2. The summed E-state index contributed by atoms with van der Waals surface area (Å²) in [6.07, 6.45) is 0.251. The van der Waals surface area contributed by atoms with Crippen LogP contribution in [-0.4, -0.2) is 80.6 Å². The van der Waals surface area contributed by atoms with Crippen LogP contribution in [-0.2, 0) is 9.53 Å². The summed E-state index contributed by atoms with van der Waals surface area (Å²) in [4.78, 5) is 18.8. The van der Waals surface area contributed by atoms with Crippen LogP contribution in [0.1, 0.15) is 13.8 Å². The highest BCUT2D eigenvalue weighted by Gasteiger charge is 2.28. The van der Waals surface area contributed by atoms with Gasteiger partial charge in [-0.1, -0.05) is 6.92 Å². The lowest BCUT2D eigenvalue weighted by Gasteiger charge is -2.33. The SMILES string of the molecule is CC1CN(C(=O)C(F)SCCN)CCN(c2ccc(N3CCOC(C)C3)cc2)C1. The van der Waals surface area contributed by atoms with Gasteiger partial charge in [0, 0.05) is 62.9 Å².